The number of fused-ring (bicyclic) bond motifs is 1. The van der Waals surface area contributed by atoms with Gasteiger partial charge in [0.1, 0.15) is 24.7 Å². The molecule has 178 valence electrons. The van der Waals surface area contributed by atoms with Crippen LogP contribution in [0.15, 0.2) is 60.7 Å². The van der Waals surface area contributed by atoms with Gasteiger partial charge in [-0.15, -0.1) is 0 Å². The lowest BCUT2D eigenvalue weighted by atomic mass is 9.97. The van der Waals surface area contributed by atoms with Crippen molar-refractivity contribution in [2.45, 2.75) is 65.6 Å². The first-order valence-corrected chi connectivity index (χ1v) is 12.0. The van der Waals surface area contributed by atoms with Crippen LogP contribution in [0.3, 0.4) is 0 Å². The van der Waals surface area contributed by atoms with Crippen LogP contribution in [-0.2, 0) is 6.42 Å². The van der Waals surface area contributed by atoms with Crippen molar-refractivity contribution in [1.29, 1.82) is 0 Å². The van der Waals surface area contributed by atoms with Crippen LogP contribution >= 0.6 is 0 Å². The van der Waals surface area contributed by atoms with Crippen LogP contribution in [0.25, 0.3) is 10.8 Å². The second-order valence-electron chi connectivity index (χ2n) is 9.96. The number of ether oxygens (including phenoxy) is 2. The lowest BCUT2D eigenvalue weighted by molar-refractivity contribution is 0.0282. The summed E-state index contributed by atoms with van der Waals surface area (Å²) in [5.41, 5.74) is 1.44. The molecule has 33 heavy (non-hydrogen) atoms. The Hall–Kier alpha value is -2.56. The van der Waals surface area contributed by atoms with Crippen LogP contribution in [0.2, 0.25) is 0 Å². The monoisotopic (exact) mass is 449 g/mol. The van der Waals surface area contributed by atoms with Crippen LogP contribution in [0, 0.1) is 0 Å². The van der Waals surface area contributed by atoms with E-state index in [-0.39, 0.29) is 6.61 Å². The molecule has 4 heteroatoms. The third kappa shape index (κ3) is 7.21. The van der Waals surface area contributed by atoms with Crippen LogP contribution in [0.1, 0.15) is 52.7 Å². The van der Waals surface area contributed by atoms with E-state index in [1.54, 1.807) is 13.8 Å². The normalized spacial score (nSPS) is 12.2. The molecule has 0 aliphatic rings. The van der Waals surface area contributed by atoms with Gasteiger partial charge in [-0.25, -0.2) is 0 Å². The molecule has 3 aromatic carbocycles. The number of aliphatic hydroxyl groups is 1. The summed E-state index contributed by atoms with van der Waals surface area (Å²) < 4.78 is 12.1. The van der Waals surface area contributed by atoms with Gasteiger partial charge >= 0.3 is 0 Å². The van der Waals surface area contributed by atoms with Crippen molar-refractivity contribution in [2.24, 2.45) is 0 Å². The molecular formula is C29H39NO3. The first-order chi connectivity index (χ1) is 15.6. The van der Waals surface area contributed by atoms with Crippen molar-refractivity contribution in [1.82, 2.24) is 4.90 Å². The minimum absolute atomic E-state index is 0.245. The van der Waals surface area contributed by atoms with E-state index in [4.69, 9.17) is 9.47 Å². The number of nitrogens with zero attached hydrogens (tertiary/aromatic N) is 1. The first-order valence-electron chi connectivity index (χ1n) is 12.0. The van der Waals surface area contributed by atoms with E-state index in [1.807, 2.05) is 18.2 Å². The Labute approximate surface area is 199 Å². The van der Waals surface area contributed by atoms with Gasteiger partial charge in [0.05, 0.1) is 5.60 Å². The third-order valence-electron chi connectivity index (χ3n) is 5.83. The molecule has 3 rings (SSSR count). The van der Waals surface area contributed by atoms with Gasteiger partial charge in [-0.2, -0.15) is 0 Å². The van der Waals surface area contributed by atoms with E-state index in [0.717, 1.165) is 30.0 Å². The molecular weight excluding hydrogens is 410 g/mol. The first kappa shape index (κ1) is 25.1. The predicted octanol–water partition coefficient (Wildman–Crippen LogP) is 6.08. The minimum atomic E-state index is -0.886. The smallest absolute Gasteiger partial charge is 0.123 e. The Morgan fingerprint density at radius 1 is 0.848 bits per heavy atom. The highest BCUT2D eigenvalue weighted by Gasteiger charge is 2.17. The van der Waals surface area contributed by atoms with Crippen molar-refractivity contribution in [3.05, 3.63) is 71.8 Å². The van der Waals surface area contributed by atoms with Crippen molar-refractivity contribution in [3.63, 3.8) is 0 Å². The Balaban J connectivity index is 1.73. The van der Waals surface area contributed by atoms with Gasteiger partial charge in [-0.05, 0) is 76.1 Å². The zero-order valence-electron chi connectivity index (χ0n) is 21.0. The van der Waals surface area contributed by atoms with Crippen LogP contribution in [0.4, 0.5) is 0 Å². The van der Waals surface area contributed by atoms with Crippen molar-refractivity contribution in [3.8, 4) is 11.5 Å². The molecule has 0 saturated heterocycles. The molecule has 0 bridgehead atoms. The van der Waals surface area contributed by atoms with Gasteiger partial charge < -0.3 is 14.6 Å². The molecule has 0 amide bonds. The fourth-order valence-electron chi connectivity index (χ4n) is 4.18. The van der Waals surface area contributed by atoms with E-state index in [9.17, 15) is 5.11 Å². The molecule has 0 aliphatic heterocycles. The van der Waals surface area contributed by atoms with E-state index >= 15 is 0 Å². The summed E-state index contributed by atoms with van der Waals surface area (Å²) in [6.07, 6.45) is 0.747. The van der Waals surface area contributed by atoms with E-state index in [1.165, 1.54) is 16.3 Å². The van der Waals surface area contributed by atoms with Gasteiger partial charge in [0.25, 0.3) is 0 Å². The summed E-state index contributed by atoms with van der Waals surface area (Å²) in [7, 11) is 0. The minimum Gasteiger partial charge on any atom is -0.492 e. The summed E-state index contributed by atoms with van der Waals surface area (Å²) >= 11 is 0. The second-order valence-corrected chi connectivity index (χ2v) is 9.96. The van der Waals surface area contributed by atoms with Crippen molar-refractivity contribution in [2.75, 3.05) is 19.8 Å². The standard InChI is InChI=1S/C29H39NO3/c1-21(2)30(22(3)4)17-18-32-25-14-11-23(12-15-25)19-27-26-10-8-7-9-24(26)13-16-28(27)33-20-29(5,6)31/h7-16,21-22,31H,17-20H2,1-6H3. The second kappa shape index (κ2) is 11.0. The molecule has 1 N–H and O–H groups in total. The molecule has 0 unspecified atom stereocenters. The molecule has 0 heterocycles. The topological polar surface area (TPSA) is 41.9 Å². The van der Waals surface area contributed by atoms with E-state index < -0.39 is 5.60 Å². The van der Waals surface area contributed by atoms with E-state index in [2.05, 4.69) is 75.1 Å². The van der Waals surface area contributed by atoms with Gasteiger partial charge in [0.2, 0.25) is 0 Å². The fraction of sp³-hybridized carbons (Fsp3) is 0.448. The Morgan fingerprint density at radius 2 is 1.52 bits per heavy atom. The summed E-state index contributed by atoms with van der Waals surface area (Å²) in [6, 6.07) is 21.8. The molecule has 0 saturated carbocycles. The SMILES string of the molecule is CC(C)N(CCOc1ccc(Cc2c(OCC(C)(C)O)ccc3ccccc23)cc1)C(C)C. The number of hydrogen-bond donors (Lipinski definition) is 1. The molecule has 0 aliphatic carbocycles. The maximum Gasteiger partial charge on any atom is 0.123 e. The summed E-state index contributed by atoms with van der Waals surface area (Å²) in [4.78, 5) is 2.43. The third-order valence-corrected chi connectivity index (χ3v) is 5.83. The Morgan fingerprint density at radius 3 is 2.15 bits per heavy atom. The molecule has 0 spiro atoms. The zero-order chi connectivity index (χ0) is 24.0. The highest BCUT2D eigenvalue weighted by atomic mass is 16.5. The Bertz CT molecular complexity index is 1010. The highest BCUT2D eigenvalue weighted by Crippen LogP contribution is 2.31. The zero-order valence-corrected chi connectivity index (χ0v) is 21.0. The summed E-state index contributed by atoms with van der Waals surface area (Å²) in [5.74, 6) is 1.71. The number of hydrogen-bond acceptors (Lipinski definition) is 4. The van der Waals surface area contributed by atoms with Crippen LogP contribution in [0.5, 0.6) is 11.5 Å². The van der Waals surface area contributed by atoms with Crippen molar-refractivity contribution >= 4 is 10.8 Å². The van der Waals surface area contributed by atoms with Gasteiger partial charge in [0.15, 0.2) is 0 Å². The van der Waals surface area contributed by atoms with Gasteiger partial charge in [0, 0.05) is 30.6 Å². The molecule has 0 fully saturated rings. The van der Waals surface area contributed by atoms with E-state index in [0.29, 0.717) is 18.7 Å². The maximum absolute atomic E-state index is 10.1. The number of benzene rings is 3. The Kier molecular flexibility index (Phi) is 8.39. The quantitative estimate of drug-likeness (QED) is 0.385. The molecule has 4 nitrogen and oxygen atoms in total. The summed E-state index contributed by atoms with van der Waals surface area (Å²) in [5, 5.41) is 12.5. The van der Waals surface area contributed by atoms with Crippen LogP contribution < -0.4 is 9.47 Å². The van der Waals surface area contributed by atoms with Gasteiger partial charge in [-0.1, -0.05) is 42.5 Å². The van der Waals surface area contributed by atoms with Gasteiger partial charge in [-0.3, -0.25) is 4.90 Å². The molecule has 0 atom stereocenters. The lowest BCUT2D eigenvalue weighted by Gasteiger charge is -2.30. The average molecular weight is 450 g/mol. The van der Waals surface area contributed by atoms with Crippen molar-refractivity contribution < 1.29 is 14.6 Å². The maximum atomic E-state index is 10.1. The molecule has 3 aromatic rings. The predicted molar refractivity (Wildman–Crippen MR) is 137 cm³/mol. The number of rotatable bonds is 11. The van der Waals surface area contributed by atoms with Crippen LogP contribution in [-0.4, -0.2) is 47.4 Å². The highest BCUT2D eigenvalue weighted by molar-refractivity contribution is 5.88. The fourth-order valence-corrected chi connectivity index (χ4v) is 4.18. The summed E-state index contributed by atoms with van der Waals surface area (Å²) in [6.45, 7) is 14.2. The average Bonchev–Trinajstić information content (AvgIpc) is 2.76. The molecule has 0 aromatic heterocycles. The lowest BCUT2D eigenvalue weighted by Crippen LogP contribution is -2.39. The molecule has 0 radical (unpaired) electrons. The largest absolute Gasteiger partial charge is 0.492 e.